The predicted octanol–water partition coefficient (Wildman–Crippen LogP) is 1.55. The lowest BCUT2D eigenvalue weighted by Crippen LogP contribution is -2.01. The number of non-ortho nitro benzene ring substituents is 1. The number of imidazole rings is 1. The number of halogens is 2. The minimum atomic E-state index is -1.08. The van der Waals surface area contributed by atoms with Crippen LogP contribution in [0.5, 0.6) is 0 Å². The third kappa shape index (κ3) is 2.05. The van der Waals surface area contributed by atoms with E-state index in [4.69, 9.17) is 5.11 Å². The third-order valence-electron chi connectivity index (χ3n) is 2.27. The molecule has 8 heteroatoms. The zero-order chi connectivity index (χ0) is 13.3. The van der Waals surface area contributed by atoms with Crippen LogP contribution in [0.3, 0.4) is 0 Å². The lowest BCUT2D eigenvalue weighted by molar-refractivity contribution is -0.385. The van der Waals surface area contributed by atoms with E-state index in [0.29, 0.717) is 12.1 Å². The van der Waals surface area contributed by atoms with Crippen molar-refractivity contribution in [2.24, 2.45) is 0 Å². The summed E-state index contributed by atoms with van der Waals surface area (Å²) in [5.41, 5.74) is -0.920. The second-order valence-corrected chi connectivity index (χ2v) is 3.45. The van der Waals surface area contributed by atoms with Crippen molar-refractivity contribution in [2.45, 2.75) is 6.61 Å². The lowest BCUT2D eigenvalue weighted by Gasteiger charge is -2.05. The van der Waals surface area contributed by atoms with Gasteiger partial charge in [-0.2, -0.15) is 0 Å². The number of aliphatic hydroxyl groups excluding tert-OH is 1. The number of nitro groups is 1. The van der Waals surface area contributed by atoms with E-state index in [2.05, 4.69) is 4.98 Å². The summed E-state index contributed by atoms with van der Waals surface area (Å²) in [6.07, 6.45) is 2.34. The van der Waals surface area contributed by atoms with Gasteiger partial charge in [0, 0.05) is 6.20 Å². The molecule has 0 saturated carbocycles. The maximum Gasteiger partial charge on any atom is 0.275 e. The number of aromatic nitrogens is 2. The smallest absolute Gasteiger partial charge is 0.275 e. The van der Waals surface area contributed by atoms with Gasteiger partial charge in [0.1, 0.15) is 5.69 Å². The molecule has 0 radical (unpaired) electrons. The summed E-state index contributed by atoms with van der Waals surface area (Å²) in [5.74, 6) is -2.16. The van der Waals surface area contributed by atoms with Gasteiger partial charge < -0.3 is 9.67 Å². The number of hydrogen-bond acceptors (Lipinski definition) is 4. The predicted molar refractivity (Wildman–Crippen MR) is 56.1 cm³/mol. The van der Waals surface area contributed by atoms with Crippen LogP contribution in [0.4, 0.5) is 14.5 Å². The van der Waals surface area contributed by atoms with Crippen LogP contribution in [0, 0.1) is 21.7 Å². The van der Waals surface area contributed by atoms with Crippen molar-refractivity contribution >= 4 is 5.69 Å². The van der Waals surface area contributed by atoms with Crippen molar-refractivity contribution in [3.8, 4) is 5.69 Å². The van der Waals surface area contributed by atoms with Crippen LogP contribution in [0.15, 0.2) is 24.7 Å². The minimum Gasteiger partial charge on any atom is -0.390 e. The van der Waals surface area contributed by atoms with Gasteiger partial charge in [0.2, 0.25) is 0 Å². The van der Waals surface area contributed by atoms with Gasteiger partial charge in [0.15, 0.2) is 11.6 Å². The molecule has 1 N–H and O–H groups in total. The monoisotopic (exact) mass is 255 g/mol. The van der Waals surface area contributed by atoms with Gasteiger partial charge in [-0.05, 0) is 0 Å². The maximum absolute atomic E-state index is 13.6. The molecule has 18 heavy (non-hydrogen) atoms. The van der Waals surface area contributed by atoms with E-state index in [1.54, 1.807) is 0 Å². The summed E-state index contributed by atoms with van der Waals surface area (Å²) in [4.78, 5) is 13.2. The van der Waals surface area contributed by atoms with Crippen molar-refractivity contribution in [3.63, 3.8) is 0 Å². The van der Waals surface area contributed by atoms with E-state index < -0.39 is 27.9 Å². The normalized spacial score (nSPS) is 10.6. The second kappa shape index (κ2) is 4.49. The van der Waals surface area contributed by atoms with Crippen molar-refractivity contribution in [3.05, 3.63) is 52.1 Å². The molecule has 0 atom stereocenters. The molecule has 1 aromatic carbocycles. The summed E-state index contributed by atoms with van der Waals surface area (Å²) in [5, 5.41) is 19.2. The summed E-state index contributed by atoms with van der Waals surface area (Å²) in [6, 6.07) is 1.24. The van der Waals surface area contributed by atoms with Crippen molar-refractivity contribution in [1.29, 1.82) is 0 Å². The van der Waals surface area contributed by atoms with E-state index in [1.165, 1.54) is 6.20 Å². The molecule has 0 amide bonds. The van der Waals surface area contributed by atoms with Gasteiger partial charge in [0.25, 0.3) is 5.69 Å². The molecule has 1 heterocycles. The Labute approximate surface area is 99.3 Å². The first kappa shape index (κ1) is 12.1. The zero-order valence-corrected chi connectivity index (χ0v) is 8.88. The average molecular weight is 255 g/mol. The molecule has 0 aliphatic heterocycles. The molecule has 1 aromatic heterocycles. The fourth-order valence-electron chi connectivity index (χ4n) is 1.47. The van der Waals surface area contributed by atoms with Gasteiger partial charge in [-0.3, -0.25) is 10.1 Å². The molecule has 2 rings (SSSR count). The molecular weight excluding hydrogens is 248 g/mol. The molecule has 6 nitrogen and oxygen atoms in total. The molecule has 0 unspecified atom stereocenters. The standard InChI is InChI=1S/C10H7F2N3O3/c11-8-1-7(15(17)18)2-9(12)10(8)14-3-6(4-16)13-5-14/h1-3,5,16H,4H2. The van der Waals surface area contributed by atoms with Crippen molar-refractivity contribution < 1.29 is 18.8 Å². The zero-order valence-electron chi connectivity index (χ0n) is 8.88. The van der Waals surface area contributed by atoms with E-state index in [9.17, 15) is 18.9 Å². The number of aliphatic hydroxyl groups is 1. The Kier molecular flexibility index (Phi) is 3.02. The molecule has 0 bridgehead atoms. The van der Waals surface area contributed by atoms with Crippen LogP contribution >= 0.6 is 0 Å². The highest BCUT2D eigenvalue weighted by atomic mass is 19.1. The number of rotatable bonds is 3. The van der Waals surface area contributed by atoms with Crippen LogP contribution < -0.4 is 0 Å². The number of hydrogen-bond donors (Lipinski definition) is 1. The summed E-state index contributed by atoms with van der Waals surface area (Å²) in [7, 11) is 0. The van der Waals surface area contributed by atoms with Gasteiger partial charge in [0.05, 0.1) is 35.7 Å². The largest absolute Gasteiger partial charge is 0.390 e. The van der Waals surface area contributed by atoms with E-state index in [0.717, 1.165) is 10.9 Å². The Morgan fingerprint density at radius 1 is 1.39 bits per heavy atom. The lowest BCUT2D eigenvalue weighted by atomic mass is 10.2. The summed E-state index contributed by atoms with van der Waals surface area (Å²) < 4.78 is 28.2. The van der Waals surface area contributed by atoms with Gasteiger partial charge >= 0.3 is 0 Å². The van der Waals surface area contributed by atoms with Crippen molar-refractivity contribution in [1.82, 2.24) is 9.55 Å². The molecular formula is C10H7F2N3O3. The SMILES string of the molecule is O=[N+]([O-])c1cc(F)c(-n2cnc(CO)c2)c(F)c1. The Balaban J connectivity index is 2.54. The van der Waals surface area contributed by atoms with Crippen LogP contribution in [0.25, 0.3) is 5.69 Å². The Hall–Kier alpha value is -2.35. The number of nitrogens with zero attached hydrogens (tertiary/aromatic N) is 3. The van der Waals surface area contributed by atoms with Crippen molar-refractivity contribution in [2.75, 3.05) is 0 Å². The van der Waals surface area contributed by atoms with Crippen LogP contribution in [-0.4, -0.2) is 19.6 Å². The number of nitro benzene ring substituents is 1. The van der Waals surface area contributed by atoms with Gasteiger partial charge in [-0.25, -0.2) is 13.8 Å². The highest BCUT2D eigenvalue weighted by Crippen LogP contribution is 2.23. The first-order chi connectivity index (χ1) is 8.52. The fourth-order valence-corrected chi connectivity index (χ4v) is 1.47. The van der Waals surface area contributed by atoms with Crippen LogP contribution in [-0.2, 0) is 6.61 Å². The Morgan fingerprint density at radius 3 is 2.44 bits per heavy atom. The molecule has 2 aromatic rings. The summed E-state index contributed by atoms with van der Waals surface area (Å²) in [6.45, 7) is -0.372. The van der Waals surface area contributed by atoms with Gasteiger partial charge in [-0.15, -0.1) is 0 Å². The molecule has 0 aliphatic carbocycles. The quantitative estimate of drug-likeness (QED) is 0.666. The van der Waals surface area contributed by atoms with Crippen LogP contribution in [0.2, 0.25) is 0 Å². The van der Waals surface area contributed by atoms with E-state index in [1.807, 2.05) is 0 Å². The number of benzene rings is 1. The first-order valence-electron chi connectivity index (χ1n) is 4.80. The molecule has 0 aliphatic rings. The maximum atomic E-state index is 13.6. The van der Waals surface area contributed by atoms with E-state index >= 15 is 0 Å². The van der Waals surface area contributed by atoms with Crippen LogP contribution in [0.1, 0.15) is 5.69 Å². The third-order valence-corrected chi connectivity index (χ3v) is 2.27. The highest BCUT2D eigenvalue weighted by Gasteiger charge is 2.18. The minimum absolute atomic E-state index is 0.229. The molecule has 94 valence electrons. The average Bonchev–Trinajstić information content (AvgIpc) is 2.76. The second-order valence-electron chi connectivity index (χ2n) is 3.45. The summed E-state index contributed by atoms with van der Waals surface area (Å²) >= 11 is 0. The Morgan fingerprint density at radius 2 is 2.00 bits per heavy atom. The molecule has 0 fully saturated rings. The topological polar surface area (TPSA) is 81.2 Å². The Bertz CT molecular complexity index is 589. The molecule has 0 saturated heterocycles. The van der Waals surface area contributed by atoms with Gasteiger partial charge in [-0.1, -0.05) is 0 Å². The fraction of sp³-hybridized carbons (Fsp3) is 0.100. The van der Waals surface area contributed by atoms with E-state index in [-0.39, 0.29) is 12.3 Å². The highest BCUT2D eigenvalue weighted by molar-refractivity contribution is 5.44. The molecule has 0 spiro atoms. The first-order valence-corrected chi connectivity index (χ1v) is 4.80.